The van der Waals surface area contributed by atoms with Gasteiger partial charge in [0.2, 0.25) is 0 Å². The van der Waals surface area contributed by atoms with E-state index in [0.29, 0.717) is 10.8 Å². The first-order chi connectivity index (χ1) is 9.84. The molecule has 0 saturated heterocycles. The monoisotopic (exact) mass is 313 g/mol. The third kappa shape index (κ3) is 3.47. The highest BCUT2D eigenvalue weighted by molar-refractivity contribution is 7.15. The van der Waals surface area contributed by atoms with Crippen molar-refractivity contribution in [2.75, 3.05) is 7.05 Å². The molecule has 0 bridgehead atoms. The van der Waals surface area contributed by atoms with Crippen molar-refractivity contribution in [1.82, 2.24) is 5.32 Å². The van der Waals surface area contributed by atoms with E-state index in [1.165, 1.54) is 23.5 Å². The molecule has 114 valence electrons. The third-order valence-corrected chi connectivity index (χ3v) is 4.61. The molecule has 21 heavy (non-hydrogen) atoms. The Hall–Kier alpha value is -1.33. The van der Waals surface area contributed by atoms with E-state index in [1.54, 1.807) is 12.1 Å². The van der Waals surface area contributed by atoms with E-state index in [9.17, 15) is 13.2 Å². The summed E-state index contributed by atoms with van der Waals surface area (Å²) in [6.45, 7) is 4.18. The van der Waals surface area contributed by atoms with Gasteiger partial charge in [0, 0.05) is 21.4 Å². The number of halogens is 3. The van der Waals surface area contributed by atoms with Crippen LogP contribution < -0.4 is 5.32 Å². The molecule has 1 aromatic heterocycles. The van der Waals surface area contributed by atoms with Crippen molar-refractivity contribution in [2.24, 2.45) is 5.92 Å². The van der Waals surface area contributed by atoms with Gasteiger partial charge in [-0.05, 0) is 31.2 Å². The number of thiophene rings is 1. The van der Waals surface area contributed by atoms with Crippen molar-refractivity contribution in [3.05, 3.63) is 46.8 Å². The van der Waals surface area contributed by atoms with Gasteiger partial charge < -0.3 is 5.32 Å². The highest BCUT2D eigenvalue weighted by Crippen LogP contribution is 2.40. The first kappa shape index (κ1) is 16.0. The molecule has 0 aliphatic carbocycles. The van der Waals surface area contributed by atoms with Crippen LogP contribution in [0, 0.1) is 5.92 Å². The zero-order valence-electron chi connectivity index (χ0n) is 12.2. The molecule has 1 heterocycles. The van der Waals surface area contributed by atoms with Gasteiger partial charge in [-0.1, -0.05) is 32.0 Å². The van der Waals surface area contributed by atoms with Gasteiger partial charge in [-0.2, -0.15) is 13.2 Å². The van der Waals surface area contributed by atoms with Gasteiger partial charge >= 0.3 is 6.18 Å². The van der Waals surface area contributed by atoms with E-state index in [0.717, 1.165) is 10.9 Å². The average molecular weight is 313 g/mol. The van der Waals surface area contributed by atoms with Gasteiger partial charge in [-0.3, -0.25) is 0 Å². The summed E-state index contributed by atoms with van der Waals surface area (Å²) >= 11 is 1.41. The molecule has 0 saturated carbocycles. The van der Waals surface area contributed by atoms with E-state index in [2.05, 4.69) is 19.2 Å². The molecule has 0 radical (unpaired) electrons. The largest absolute Gasteiger partial charge is 0.417 e. The van der Waals surface area contributed by atoms with Crippen LogP contribution in [0.1, 0.15) is 30.3 Å². The molecule has 0 amide bonds. The molecule has 0 aliphatic rings. The normalized spacial score (nSPS) is 13.7. The minimum atomic E-state index is -4.33. The highest BCUT2D eigenvalue weighted by Gasteiger charge is 2.33. The molecule has 0 fully saturated rings. The molecule has 0 spiro atoms. The minimum absolute atomic E-state index is 0.154. The van der Waals surface area contributed by atoms with Gasteiger partial charge in [0.25, 0.3) is 0 Å². The van der Waals surface area contributed by atoms with Gasteiger partial charge in [-0.15, -0.1) is 11.3 Å². The summed E-state index contributed by atoms with van der Waals surface area (Å²) in [7, 11) is 1.87. The SMILES string of the molecule is CNC(c1ccc(-c2ccccc2C(F)(F)F)s1)C(C)C. The van der Waals surface area contributed by atoms with E-state index in [-0.39, 0.29) is 11.6 Å². The standard InChI is InChI=1S/C16H18F3NS/c1-10(2)15(20-3)14-9-8-13(21-14)11-6-4-5-7-12(11)16(17,18)19/h4-10,15,20H,1-3H3. The van der Waals surface area contributed by atoms with Crippen LogP contribution in [0.5, 0.6) is 0 Å². The van der Waals surface area contributed by atoms with Crippen LogP contribution in [0.3, 0.4) is 0 Å². The summed E-state index contributed by atoms with van der Waals surface area (Å²) in [5.74, 6) is 0.374. The van der Waals surface area contributed by atoms with Crippen molar-refractivity contribution >= 4 is 11.3 Å². The molecular formula is C16H18F3NS. The molecule has 1 unspecified atom stereocenters. The molecule has 5 heteroatoms. The lowest BCUT2D eigenvalue weighted by molar-refractivity contribution is -0.137. The predicted molar refractivity (Wildman–Crippen MR) is 81.4 cm³/mol. The Balaban J connectivity index is 2.43. The van der Waals surface area contributed by atoms with Crippen LogP contribution in [0.4, 0.5) is 13.2 Å². The predicted octanol–water partition coefficient (Wildman–Crippen LogP) is 5.35. The summed E-state index contributed by atoms with van der Waals surface area (Å²) in [6, 6.07) is 9.57. The first-order valence-electron chi connectivity index (χ1n) is 6.78. The lowest BCUT2D eigenvalue weighted by atomic mass is 10.0. The second-order valence-corrected chi connectivity index (χ2v) is 6.37. The van der Waals surface area contributed by atoms with Crippen LogP contribution in [0.15, 0.2) is 36.4 Å². The Labute approximate surface area is 126 Å². The molecule has 1 aromatic carbocycles. The van der Waals surface area contributed by atoms with Crippen molar-refractivity contribution in [3.63, 3.8) is 0 Å². The average Bonchev–Trinajstić information content (AvgIpc) is 2.87. The maximum atomic E-state index is 13.1. The number of hydrogen-bond donors (Lipinski definition) is 1. The zero-order chi connectivity index (χ0) is 15.6. The summed E-state index contributed by atoms with van der Waals surface area (Å²) in [5, 5.41) is 3.22. The van der Waals surface area contributed by atoms with E-state index in [4.69, 9.17) is 0 Å². The van der Waals surface area contributed by atoms with Gasteiger partial charge in [-0.25, -0.2) is 0 Å². The van der Waals surface area contributed by atoms with Gasteiger partial charge in [0.1, 0.15) is 0 Å². The van der Waals surface area contributed by atoms with E-state index >= 15 is 0 Å². The molecule has 2 rings (SSSR count). The molecule has 1 atom stereocenters. The van der Waals surface area contributed by atoms with Crippen LogP contribution in [0.25, 0.3) is 10.4 Å². The Bertz CT molecular complexity index is 602. The number of alkyl halides is 3. The fraction of sp³-hybridized carbons (Fsp3) is 0.375. The second-order valence-electron chi connectivity index (χ2n) is 5.26. The molecule has 2 aromatic rings. The third-order valence-electron chi connectivity index (χ3n) is 3.41. The Kier molecular flexibility index (Phi) is 4.74. The van der Waals surface area contributed by atoms with Crippen molar-refractivity contribution in [1.29, 1.82) is 0 Å². The molecule has 0 aliphatic heterocycles. The highest BCUT2D eigenvalue weighted by atomic mass is 32.1. The summed E-state index contributed by atoms with van der Waals surface area (Å²) < 4.78 is 39.3. The van der Waals surface area contributed by atoms with E-state index < -0.39 is 11.7 Å². The zero-order valence-corrected chi connectivity index (χ0v) is 13.0. The molecule has 1 N–H and O–H groups in total. The maximum Gasteiger partial charge on any atom is 0.417 e. The van der Waals surface area contributed by atoms with Crippen molar-refractivity contribution < 1.29 is 13.2 Å². The maximum absolute atomic E-state index is 13.1. The summed E-state index contributed by atoms with van der Waals surface area (Å²) in [5.41, 5.74) is -0.330. The molecule has 1 nitrogen and oxygen atoms in total. The van der Waals surface area contributed by atoms with Crippen LogP contribution in [-0.4, -0.2) is 7.05 Å². The lowest BCUT2D eigenvalue weighted by Gasteiger charge is -2.18. The number of benzene rings is 1. The quantitative estimate of drug-likeness (QED) is 0.802. The number of nitrogens with one attached hydrogen (secondary N) is 1. The topological polar surface area (TPSA) is 12.0 Å². The van der Waals surface area contributed by atoms with Crippen molar-refractivity contribution in [3.8, 4) is 10.4 Å². The first-order valence-corrected chi connectivity index (χ1v) is 7.60. The summed E-state index contributed by atoms with van der Waals surface area (Å²) in [4.78, 5) is 1.71. The van der Waals surface area contributed by atoms with Crippen LogP contribution >= 0.6 is 11.3 Å². The van der Waals surface area contributed by atoms with Gasteiger partial charge in [0.15, 0.2) is 0 Å². The van der Waals surface area contributed by atoms with Crippen LogP contribution in [0.2, 0.25) is 0 Å². The minimum Gasteiger partial charge on any atom is -0.312 e. The van der Waals surface area contributed by atoms with E-state index in [1.807, 2.05) is 13.1 Å². The fourth-order valence-electron chi connectivity index (χ4n) is 2.41. The Morgan fingerprint density at radius 2 is 1.71 bits per heavy atom. The number of hydrogen-bond acceptors (Lipinski definition) is 2. The molecular weight excluding hydrogens is 295 g/mol. The summed E-state index contributed by atoms with van der Waals surface area (Å²) in [6.07, 6.45) is -4.33. The lowest BCUT2D eigenvalue weighted by Crippen LogP contribution is -2.20. The Morgan fingerprint density at radius 1 is 1.05 bits per heavy atom. The second kappa shape index (κ2) is 6.20. The number of rotatable bonds is 4. The Morgan fingerprint density at radius 3 is 2.29 bits per heavy atom. The van der Waals surface area contributed by atoms with Gasteiger partial charge in [0.05, 0.1) is 5.56 Å². The van der Waals surface area contributed by atoms with Crippen LogP contribution in [-0.2, 0) is 6.18 Å². The van der Waals surface area contributed by atoms with Crippen molar-refractivity contribution in [2.45, 2.75) is 26.1 Å². The smallest absolute Gasteiger partial charge is 0.312 e. The fourth-order valence-corrected chi connectivity index (χ4v) is 3.75.